The third-order valence-corrected chi connectivity index (χ3v) is 7.97. The fraction of sp³-hybridized carbons (Fsp3) is 0.957. The van der Waals surface area contributed by atoms with Gasteiger partial charge in [0.2, 0.25) is 0 Å². The van der Waals surface area contributed by atoms with Crippen LogP contribution < -0.4 is 0 Å². The molecule has 0 radical (unpaired) electrons. The van der Waals surface area contributed by atoms with Gasteiger partial charge in [-0.05, 0) is 52.9 Å². The van der Waals surface area contributed by atoms with Crippen LogP contribution in [0.2, 0.25) is 0 Å². The number of hydrogen-bond donors (Lipinski definition) is 0. The quantitative estimate of drug-likeness (QED) is 0.634. The van der Waals surface area contributed by atoms with E-state index in [1.165, 1.54) is 58.0 Å². The van der Waals surface area contributed by atoms with Gasteiger partial charge in [0.05, 0.1) is 6.54 Å². The molecule has 4 fully saturated rings. The highest BCUT2D eigenvalue weighted by Gasteiger charge is 2.47. The van der Waals surface area contributed by atoms with E-state index in [0.29, 0.717) is 6.04 Å². The average molecular weight is 407 g/mol. The summed E-state index contributed by atoms with van der Waals surface area (Å²) in [6, 6.07) is 1.46. The van der Waals surface area contributed by atoms with E-state index in [9.17, 15) is 4.79 Å². The number of likely N-dealkylation sites (tertiary alicyclic amines) is 2. The molecule has 0 aromatic heterocycles. The lowest BCUT2D eigenvalue weighted by molar-refractivity contribution is -0.0118. The van der Waals surface area contributed by atoms with Crippen molar-refractivity contribution in [1.82, 2.24) is 19.6 Å². The van der Waals surface area contributed by atoms with Crippen molar-refractivity contribution in [2.75, 3.05) is 59.9 Å². The second-order valence-electron chi connectivity index (χ2n) is 10.2. The molecule has 0 aromatic carbocycles. The van der Waals surface area contributed by atoms with Gasteiger partial charge in [-0.3, -0.25) is 0 Å². The van der Waals surface area contributed by atoms with Crippen molar-refractivity contribution in [3.8, 4) is 0 Å². The standard InChI is InChI=1S/C23H42N4O2/c1-24(2)21-10-15-25(18-21)13-7-14-27-19-23(29-22(27)28)11-16-26(17-12-23)20-8-5-3-4-6-9-20/h20-21H,3-19H2,1-2H3. The average Bonchev–Trinajstić information content (AvgIpc) is 3.18. The van der Waals surface area contributed by atoms with Crippen LogP contribution in [0.15, 0.2) is 0 Å². The van der Waals surface area contributed by atoms with Crippen molar-refractivity contribution in [2.45, 2.75) is 81.9 Å². The summed E-state index contributed by atoms with van der Waals surface area (Å²) >= 11 is 0. The first-order valence-electron chi connectivity index (χ1n) is 12.2. The van der Waals surface area contributed by atoms with Gasteiger partial charge in [0, 0.05) is 51.1 Å². The second-order valence-corrected chi connectivity index (χ2v) is 10.2. The summed E-state index contributed by atoms with van der Waals surface area (Å²) in [5.74, 6) is 0. The molecule has 1 atom stereocenters. The number of carbonyl (C=O) groups is 1. The van der Waals surface area contributed by atoms with Gasteiger partial charge in [0.1, 0.15) is 5.60 Å². The molecule has 29 heavy (non-hydrogen) atoms. The van der Waals surface area contributed by atoms with Crippen molar-refractivity contribution >= 4 is 6.09 Å². The number of ether oxygens (including phenoxy) is 1. The molecule has 1 aliphatic carbocycles. The number of amides is 1. The summed E-state index contributed by atoms with van der Waals surface area (Å²) < 4.78 is 5.97. The van der Waals surface area contributed by atoms with E-state index in [2.05, 4.69) is 28.8 Å². The van der Waals surface area contributed by atoms with Crippen LogP contribution in [0.25, 0.3) is 0 Å². The van der Waals surface area contributed by atoms with Crippen LogP contribution in [-0.4, -0.2) is 103 Å². The van der Waals surface area contributed by atoms with E-state index in [0.717, 1.165) is 58.0 Å². The fourth-order valence-electron chi connectivity index (χ4n) is 5.97. The Balaban J connectivity index is 1.19. The predicted octanol–water partition coefficient (Wildman–Crippen LogP) is 3.02. The zero-order valence-corrected chi connectivity index (χ0v) is 18.8. The minimum Gasteiger partial charge on any atom is -0.441 e. The van der Waals surface area contributed by atoms with Gasteiger partial charge < -0.3 is 24.3 Å². The van der Waals surface area contributed by atoms with Crippen LogP contribution in [0.4, 0.5) is 4.79 Å². The first-order valence-corrected chi connectivity index (χ1v) is 12.2. The SMILES string of the molecule is CN(C)C1CCN(CCCN2CC3(CCN(C4CCCCCC4)CC3)OC2=O)C1. The molecule has 4 rings (SSSR count). The highest BCUT2D eigenvalue weighted by Crippen LogP contribution is 2.35. The Labute approximate surface area is 177 Å². The number of piperidine rings is 1. The third kappa shape index (κ3) is 5.26. The van der Waals surface area contributed by atoms with E-state index in [4.69, 9.17) is 4.74 Å². The molecule has 0 aromatic rings. The summed E-state index contributed by atoms with van der Waals surface area (Å²) in [5.41, 5.74) is -0.206. The molecule has 0 bridgehead atoms. The third-order valence-electron chi connectivity index (χ3n) is 7.97. The Bertz CT molecular complexity index is 539. The molecule has 3 saturated heterocycles. The Hall–Kier alpha value is -0.850. The van der Waals surface area contributed by atoms with E-state index in [1.54, 1.807) is 0 Å². The van der Waals surface area contributed by atoms with Gasteiger partial charge in [-0.25, -0.2) is 4.79 Å². The lowest BCUT2D eigenvalue weighted by Gasteiger charge is -2.41. The summed E-state index contributed by atoms with van der Waals surface area (Å²) in [7, 11) is 4.35. The largest absolute Gasteiger partial charge is 0.441 e. The van der Waals surface area contributed by atoms with Crippen LogP contribution in [0.1, 0.15) is 64.2 Å². The van der Waals surface area contributed by atoms with Crippen LogP contribution in [-0.2, 0) is 4.74 Å². The smallest absolute Gasteiger partial charge is 0.410 e. The second kappa shape index (κ2) is 9.52. The molecule has 4 aliphatic rings. The number of likely N-dealkylation sites (N-methyl/N-ethyl adjacent to an activating group) is 1. The highest BCUT2D eigenvalue weighted by molar-refractivity contribution is 5.70. The molecule has 1 amide bonds. The van der Waals surface area contributed by atoms with Gasteiger partial charge in [-0.1, -0.05) is 25.7 Å². The monoisotopic (exact) mass is 406 g/mol. The minimum atomic E-state index is -0.206. The molecular weight excluding hydrogens is 364 g/mol. The molecule has 166 valence electrons. The summed E-state index contributed by atoms with van der Waals surface area (Å²) in [6.45, 7) is 7.31. The lowest BCUT2D eigenvalue weighted by Crippen LogP contribution is -2.50. The summed E-state index contributed by atoms with van der Waals surface area (Å²) in [5, 5.41) is 0. The zero-order valence-electron chi connectivity index (χ0n) is 18.8. The maximum Gasteiger partial charge on any atom is 0.410 e. The van der Waals surface area contributed by atoms with Crippen molar-refractivity contribution in [3.05, 3.63) is 0 Å². The van der Waals surface area contributed by atoms with Crippen LogP contribution in [0, 0.1) is 0 Å². The Kier molecular flexibility index (Phi) is 7.02. The summed E-state index contributed by atoms with van der Waals surface area (Å²) in [6.07, 6.45) is 12.6. The van der Waals surface area contributed by atoms with Gasteiger partial charge in [0.25, 0.3) is 0 Å². The summed E-state index contributed by atoms with van der Waals surface area (Å²) in [4.78, 5) is 22.1. The van der Waals surface area contributed by atoms with Crippen LogP contribution in [0.3, 0.4) is 0 Å². The molecule has 0 N–H and O–H groups in total. The molecule has 3 aliphatic heterocycles. The molecule has 6 nitrogen and oxygen atoms in total. The maximum atomic E-state index is 12.5. The highest BCUT2D eigenvalue weighted by atomic mass is 16.6. The van der Waals surface area contributed by atoms with Crippen molar-refractivity contribution in [2.24, 2.45) is 0 Å². The van der Waals surface area contributed by atoms with Crippen LogP contribution in [0.5, 0.6) is 0 Å². The zero-order chi connectivity index (χ0) is 20.3. The van der Waals surface area contributed by atoms with Crippen LogP contribution >= 0.6 is 0 Å². The van der Waals surface area contributed by atoms with Gasteiger partial charge in [-0.15, -0.1) is 0 Å². The number of nitrogens with zero attached hydrogens (tertiary/aromatic N) is 4. The fourth-order valence-corrected chi connectivity index (χ4v) is 5.97. The predicted molar refractivity (Wildman–Crippen MR) is 116 cm³/mol. The van der Waals surface area contributed by atoms with E-state index in [-0.39, 0.29) is 11.7 Å². The Morgan fingerprint density at radius 3 is 2.38 bits per heavy atom. The first-order chi connectivity index (χ1) is 14.0. The minimum absolute atomic E-state index is 0.0690. The van der Waals surface area contributed by atoms with E-state index < -0.39 is 0 Å². The van der Waals surface area contributed by atoms with Gasteiger partial charge in [-0.2, -0.15) is 0 Å². The molecular formula is C23H42N4O2. The number of carbonyl (C=O) groups excluding carboxylic acids is 1. The van der Waals surface area contributed by atoms with Gasteiger partial charge in [0.15, 0.2) is 0 Å². The first kappa shape index (κ1) is 21.4. The van der Waals surface area contributed by atoms with Gasteiger partial charge >= 0.3 is 6.09 Å². The molecule has 1 saturated carbocycles. The number of rotatable bonds is 6. The lowest BCUT2D eigenvalue weighted by atomic mass is 9.89. The Morgan fingerprint density at radius 1 is 1.00 bits per heavy atom. The van der Waals surface area contributed by atoms with Crippen molar-refractivity contribution in [1.29, 1.82) is 0 Å². The number of hydrogen-bond acceptors (Lipinski definition) is 5. The normalized spacial score (nSPS) is 29.7. The Morgan fingerprint density at radius 2 is 1.72 bits per heavy atom. The van der Waals surface area contributed by atoms with E-state index >= 15 is 0 Å². The van der Waals surface area contributed by atoms with Crippen molar-refractivity contribution < 1.29 is 9.53 Å². The molecule has 1 spiro atoms. The molecule has 6 heteroatoms. The molecule has 3 heterocycles. The maximum absolute atomic E-state index is 12.5. The van der Waals surface area contributed by atoms with E-state index in [1.807, 2.05) is 4.90 Å². The topological polar surface area (TPSA) is 39.3 Å². The molecule has 1 unspecified atom stereocenters. The van der Waals surface area contributed by atoms with Crippen molar-refractivity contribution in [3.63, 3.8) is 0 Å².